The first-order valence-electron chi connectivity index (χ1n) is 8.63. The first-order chi connectivity index (χ1) is 12.7. The molecule has 7 nitrogen and oxygen atoms in total. The van der Waals surface area contributed by atoms with Crippen LogP contribution in [0.25, 0.3) is 5.69 Å². The van der Waals surface area contributed by atoms with Crippen LogP contribution in [0.5, 0.6) is 5.88 Å². The number of aromatic nitrogens is 2. The summed E-state index contributed by atoms with van der Waals surface area (Å²) in [6.45, 7) is 6.55. The van der Waals surface area contributed by atoms with Crippen LogP contribution in [0.3, 0.4) is 0 Å². The molecular formula is C18H22BrN3O4. The van der Waals surface area contributed by atoms with Crippen molar-refractivity contribution in [2.45, 2.75) is 6.92 Å². The molecule has 0 radical (unpaired) electrons. The molecule has 2 heterocycles. The van der Waals surface area contributed by atoms with E-state index in [2.05, 4.69) is 25.9 Å². The molecule has 0 aliphatic carbocycles. The summed E-state index contributed by atoms with van der Waals surface area (Å²) >= 11 is 3.42. The summed E-state index contributed by atoms with van der Waals surface area (Å²) in [7, 11) is 0. The van der Waals surface area contributed by atoms with Crippen molar-refractivity contribution < 1.29 is 19.0 Å². The van der Waals surface area contributed by atoms with E-state index in [0.717, 1.165) is 43.0 Å². The Balaban J connectivity index is 1.78. The lowest BCUT2D eigenvalue weighted by Gasteiger charge is -2.26. The molecule has 1 aromatic heterocycles. The third-order valence-electron chi connectivity index (χ3n) is 4.04. The minimum atomic E-state index is -0.433. The number of ether oxygens (including phenoxy) is 3. The van der Waals surface area contributed by atoms with E-state index in [9.17, 15) is 4.79 Å². The monoisotopic (exact) mass is 423 g/mol. The summed E-state index contributed by atoms with van der Waals surface area (Å²) < 4.78 is 19.0. The molecule has 0 bridgehead atoms. The summed E-state index contributed by atoms with van der Waals surface area (Å²) in [5.41, 5.74) is 1.14. The highest BCUT2D eigenvalue weighted by atomic mass is 79.9. The molecule has 3 rings (SSSR count). The number of rotatable bonds is 7. The second-order valence-corrected chi connectivity index (χ2v) is 6.69. The summed E-state index contributed by atoms with van der Waals surface area (Å²) in [6, 6.07) is 7.64. The van der Waals surface area contributed by atoms with Crippen LogP contribution < -0.4 is 4.74 Å². The van der Waals surface area contributed by atoms with Gasteiger partial charge in [0.2, 0.25) is 5.88 Å². The zero-order chi connectivity index (χ0) is 18.4. The second-order valence-electron chi connectivity index (χ2n) is 5.77. The van der Waals surface area contributed by atoms with Crippen LogP contribution in [0.1, 0.15) is 17.3 Å². The number of benzene rings is 1. The van der Waals surface area contributed by atoms with Crippen molar-refractivity contribution in [1.82, 2.24) is 14.7 Å². The van der Waals surface area contributed by atoms with Gasteiger partial charge in [0.15, 0.2) is 0 Å². The minimum absolute atomic E-state index is 0.301. The lowest BCUT2D eigenvalue weighted by atomic mass is 10.3. The van der Waals surface area contributed by atoms with Crippen molar-refractivity contribution in [3.8, 4) is 11.6 Å². The van der Waals surface area contributed by atoms with E-state index >= 15 is 0 Å². The number of halogens is 1. The molecule has 0 unspecified atom stereocenters. The fraction of sp³-hybridized carbons (Fsp3) is 0.444. The smallest absolute Gasteiger partial charge is 0.345 e. The van der Waals surface area contributed by atoms with Crippen LogP contribution in [0, 0.1) is 0 Å². The normalized spacial score (nSPS) is 15.0. The molecule has 0 saturated carbocycles. The Morgan fingerprint density at radius 1 is 1.27 bits per heavy atom. The van der Waals surface area contributed by atoms with E-state index in [1.807, 2.05) is 24.3 Å². The molecule has 8 heteroatoms. The number of hydrogen-bond acceptors (Lipinski definition) is 6. The van der Waals surface area contributed by atoms with E-state index in [1.165, 1.54) is 6.20 Å². The third kappa shape index (κ3) is 4.63. The van der Waals surface area contributed by atoms with E-state index in [-0.39, 0.29) is 0 Å². The standard InChI is InChI=1S/C18H22BrN3O4/c1-2-25-18(23)16-13-20-22(15-5-3-14(19)4-6-15)17(16)26-12-9-21-7-10-24-11-8-21/h3-6,13H,2,7-12H2,1H3. The van der Waals surface area contributed by atoms with E-state index in [0.29, 0.717) is 24.7 Å². The maximum Gasteiger partial charge on any atom is 0.345 e. The zero-order valence-electron chi connectivity index (χ0n) is 14.7. The highest BCUT2D eigenvalue weighted by Gasteiger charge is 2.21. The molecule has 26 heavy (non-hydrogen) atoms. The quantitative estimate of drug-likeness (QED) is 0.637. The van der Waals surface area contributed by atoms with Gasteiger partial charge < -0.3 is 14.2 Å². The van der Waals surface area contributed by atoms with Crippen LogP contribution in [-0.2, 0) is 9.47 Å². The summed E-state index contributed by atoms with van der Waals surface area (Å²) in [5, 5.41) is 4.33. The van der Waals surface area contributed by atoms with E-state index in [1.54, 1.807) is 11.6 Å². The molecule has 0 spiro atoms. The maximum atomic E-state index is 12.2. The van der Waals surface area contributed by atoms with Gasteiger partial charge in [0.1, 0.15) is 12.2 Å². The predicted octanol–water partition coefficient (Wildman–Crippen LogP) is 2.52. The van der Waals surface area contributed by atoms with Gasteiger partial charge in [-0.05, 0) is 31.2 Å². The number of nitrogens with zero attached hydrogens (tertiary/aromatic N) is 3. The molecule has 0 amide bonds. The lowest BCUT2D eigenvalue weighted by Crippen LogP contribution is -2.38. The molecule has 1 fully saturated rings. The van der Waals surface area contributed by atoms with Crippen molar-refractivity contribution in [2.75, 3.05) is 46.1 Å². The summed E-state index contributed by atoms with van der Waals surface area (Å²) in [5.74, 6) is -0.0312. The molecule has 1 aliphatic heterocycles. The topological polar surface area (TPSA) is 65.8 Å². The lowest BCUT2D eigenvalue weighted by molar-refractivity contribution is 0.0316. The number of carbonyl (C=O) groups is 1. The van der Waals surface area contributed by atoms with Gasteiger partial charge in [-0.2, -0.15) is 5.10 Å². The Hall–Kier alpha value is -1.90. The fourth-order valence-electron chi connectivity index (χ4n) is 2.69. The van der Waals surface area contributed by atoms with Gasteiger partial charge >= 0.3 is 5.97 Å². The average molecular weight is 424 g/mol. The Bertz CT molecular complexity index is 727. The number of hydrogen-bond donors (Lipinski definition) is 0. The summed E-state index contributed by atoms with van der Waals surface area (Å²) in [6.07, 6.45) is 1.49. The first-order valence-corrected chi connectivity index (χ1v) is 9.42. The average Bonchev–Trinajstić information content (AvgIpc) is 3.07. The van der Waals surface area contributed by atoms with Gasteiger partial charge in [-0.3, -0.25) is 4.90 Å². The molecule has 2 aromatic rings. The van der Waals surface area contributed by atoms with Gasteiger partial charge in [0.05, 0.1) is 31.7 Å². The minimum Gasteiger partial charge on any atom is -0.476 e. The molecule has 140 valence electrons. The van der Waals surface area contributed by atoms with Gasteiger partial charge in [-0.15, -0.1) is 0 Å². The Labute approximate surface area is 161 Å². The third-order valence-corrected chi connectivity index (χ3v) is 4.57. The van der Waals surface area contributed by atoms with Crippen molar-refractivity contribution >= 4 is 21.9 Å². The van der Waals surface area contributed by atoms with Crippen molar-refractivity contribution in [2.24, 2.45) is 0 Å². The zero-order valence-corrected chi connectivity index (χ0v) is 16.3. The van der Waals surface area contributed by atoms with Gasteiger partial charge in [-0.1, -0.05) is 15.9 Å². The number of morpholine rings is 1. The summed E-state index contributed by atoms with van der Waals surface area (Å²) in [4.78, 5) is 14.5. The van der Waals surface area contributed by atoms with E-state index < -0.39 is 5.97 Å². The Morgan fingerprint density at radius 3 is 2.69 bits per heavy atom. The van der Waals surface area contributed by atoms with Crippen LogP contribution in [0.4, 0.5) is 0 Å². The SMILES string of the molecule is CCOC(=O)c1cnn(-c2ccc(Br)cc2)c1OCCN1CCOCC1. The highest BCUT2D eigenvalue weighted by Crippen LogP contribution is 2.24. The second kappa shape index (κ2) is 9.16. The van der Waals surface area contributed by atoms with Crippen LogP contribution >= 0.6 is 15.9 Å². The van der Waals surface area contributed by atoms with Crippen molar-refractivity contribution in [3.05, 3.63) is 40.5 Å². The molecule has 0 atom stereocenters. The largest absolute Gasteiger partial charge is 0.476 e. The Kier molecular flexibility index (Phi) is 6.65. The van der Waals surface area contributed by atoms with Gasteiger partial charge in [-0.25, -0.2) is 9.48 Å². The van der Waals surface area contributed by atoms with Gasteiger partial charge in [0, 0.05) is 24.1 Å². The molecule has 1 aliphatic rings. The number of esters is 1. The van der Waals surface area contributed by atoms with Crippen LogP contribution in [0.15, 0.2) is 34.9 Å². The molecule has 0 N–H and O–H groups in total. The first kappa shape index (κ1) is 18.9. The van der Waals surface area contributed by atoms with Crippen molar-refractivity contribution in [3.63, 3.8) is 0 Å². The van der Waals surface area contributed by atoms with Crippen molar-refractivity contribution in [1.29, 1.82) is 0 Å². The van der Waals surface area contributed by atoms with Crippen LogP contribution in [0.2, 0.25) is 0 Å². The van der Waals surface area contributed by atoms with Gasteiger partial charge in [0.25, 0.3) is 0 Å². The molecule has 1 aromatic carbocycles. The molecule has 1 saturated heterocycles. The predicted molar refractivity (Wildman–Crippen MR) is 100.0 cm³/mol. The fourth-order valence-corrected chi connectivity index (χ4v) is 2.95. The Morgan fingerprint density at radius 2 is 2.00 bits per heavy atom. The molecular weight excluding hydrogens is 402 g/mol. The number of carbonyl (C=O) groups excluding carboxylic acids is 1. The maximum absolute atomic E-state index is 12.2. The van der Waals surface area contributed by atoms with E-state index in [4.69, 9.17) is 14.2 Å². The van der Waals surface area contributed by atoms with Crippen LogP contribution in [-0.4, -0.2) is 66.7 Å². The highest BCUT2D eigenvalue weighted by molar-refractivity contribution is 9.10.